The maximum absolute atomic E-state index is 5.79. The molecule has 1 aromatic carbocycles. The van der Waals surface area contributed by atoms with E-state index in [1.54, 1.807) is 6.20 Å². The molecule has 82 valence electrons. The van der Waals surface area contributed by atoms with Crippen molar-refractivity contribution in [3.8, 4) is 11.4 Å². The summed E-state index contributed by atoms with van der Waals surface area (Å²) in [5.74, 6) is 1.24. The van der Waals surface area contributed by atoms with Crippen LogP contribution in [0.15, 0.2) is 30.5 Å². The van der Waals surface area contributed by atoms with Gasteiger partial charge >= 0.3 is 0 Å². The van der Waals surface area contributed by atoms with Crippen molar-refractivity contribution in [3.05, 3.63) is 39.6 Å². The number of anilines is 1. The van der Waals surface area contributed by atoms with E-state index in [0.717, 1.165) is 15.6 Å². The van der Waals surface area contributed by atoms with Crippen LogP contribution in [-0.2, 0) is 6.42 Å². The lowest BCUT2D eigenvalue weighted by molar-refractivity contribution is 1.11. The second-order valence-corrected chi connectivity index (χ2v) is 4.60. The van der Waals surface area contributed by atoms with Gasteiger partial charge in [-0.2, -0.15) is 0 Å². The summed E-state index contributed by atoms with van der Waals surface area (Å²) in [6.45, 7) is 2.12. The Morgan fingerprint density at radius 3 is 2.75 bits per heavy atom. The molecule has 0 aliphatic heterocycles. The minimum atomic E-state index is 0.538. The molecular formula is C12H12IN3. The highest BCUT2D eigenvalue weighted by Crippen LogP contribution is 2.22. The molecule has 0 atom stereocenters. The van der Waals surface area contributed by atoms with Crippen LogP contribution in [0.3, 0.4) is 0 Å². The first kappa shape index (κ1) is 11.3. The molecule has 0 aliphatic rings. The molecule has 0 spiro atoms. The van der Waals surface area contributed by atoms with Gasteiger partial charge in [-0.15, -0.1) is 0 Å². The molecule has 1 heterocycles. The van der Waals surface area contributed by atoms with E-state index in [-0.39, 0.29) is 0 Å². The van der Waals surface area contributed by atoms with Crippen LogP contribution in [-0.4, -0.2) is 9.97 Å². The molecule has 1 aromatic heterocycles. The maximum Gasteiger partial charge on any atom is 0.161 e. The van der Waals surface area contributed by atoms with Gasteiger partial charge in [0.1, 0.15) is 5.82 Å². The highest BCUT2D eigenvalue weighted by Gasteiger charge is 2.07. The van der Waals surface area contributed by atoms with Crippen molar-refractivity contribution in [2.45, 2.75) is 13.3 Å². The number of aromatic nitrogens is 2. The third-order valence-corrected chi connectivity index (χ3v) is 3.24. The molecule has 0 bridgehead atoms. The van der Waals surface area contributed by atoms with Crippen molar-refractivity contribution in [2.24, 2.45) is 0 Å². The molecule has 0 amide bonds. The van der Waals surface area contributed by atoms with Crippen molar-refractivity contribution < 1.29 is 0 Å². The summed E-state index contributed by atoms with van der Waals surface area (Å²) in [5.41, 5.74) is 8.09. The Morgan fingerprint density at radius 1 is 1.31 bits per heavy atom. The number of benzene rings is 1. The van der Waals surface area contributed by atoms with Gasteiger partial charge in [0.25, 0.3) is 0 Å². The fraction of sp³-hybridized carbons (Fsp3) is 0.167. The molecule has 2 N–H and O–H groups in total. The van der Waals surface area contributed by atoms with Gasteiger partial charge in [0.15, 0.2) is 5.82 Å². The van der Waals surface area contributed by atoms with E-state index in [0.29, 0.717) is 11.6 Å². The number of hydrogen-bond donors (Lipinski definition) is 1. The topological polar surface area (TPSA) is 51.8 Å². The lowest BCUT2D eigenvalue weighted by atomic mass is 10.0. The van der Waals surface area contributed by atoms with Gasteiger partial charge < -0.3 is 5.73 Å². The van der Waals surface area contributed by atoms with Crippen molar-refractivity contribution in [2.75, 3.05) is 5.73 Å². The summed E-state index contributed by atoms with van der Waals surface area (Å²) in [4.78, 5) is 8.63. The van der Waals surface area contributed by atoms with Gasteiger partial charge in [-0.1, -0.05) is 31.2 Å². The van der Waals surface area contributed by atoms with Crippen LogP contribution in [0, 0.1) is 3.57 Å². The van der Waals surface area contributed by atoms with E-state index < -0.39 is 0 Å². The molecule has 0 saturated carbocycles. The molecule has 4 heteroatoms. The molecule has 0 fully saturated rings. The van der Waals surface area contributed by atoms with Gasteiger partial charge in [0.05, 0.1) is 3.57 Å². The lowest BCUT2D eigenvalue weighted by Crippen LogP contribution is -1.99. The average molecular weight is 325 g/mol. The third kappa shape index (κ3) is 2.16. The zero-order valence-corrected chi connectivity index (χ0v) is 11.1. The summed E-state index contributed by atoms with van der Waals surface area (Å²) < 4.78 is 0.885. The van der Waals surface area contributed by atoms with Gasteiger partial charge in [0.2, 0.25) is 0 Å². The zero-order chi connectivity index (χ0) is 11.5. The Balaban J connectivity index is 2.54. The van der Waals surface area contributed by atoms with Crippen LogP contribution < -0.4 is 5.73 Å². The van der Waals surface area contributed by atoms with Gasteiger partial charge in [-0.3, -0.25) is 0 Å². The van der Waals surface area contributed by atoms with Crippen LogP contribution in [0.1, 0.15) is 12.5 Å². The maximum atomic E-state index is 5.79. The Kier molecular flexibility index (Phi) is 3.38. The molecule has 0 unspecified atom stereocenters. The zero-order valence-electron chi connectivity index (χ0n) is 8.94. The van der Waals surface area contributed by atoms with Crippen LogP contribution in [0.2, 0.25) is 0 Å². The number of nitrogen functional groups attached to an aromatic ring is 1. The molecule has 2 rings (SSSR count). The second-order valence-electron chi connectivity index (χ2n) is 3.44. The summed E-state index contributed by atoms with van der Waals surface area (Å²) in [5, 5.41) is 0. The molecule has 3 nitrogen and oxygen atoms in total. The quantitative estimate of drug-likeness (QED) is 0.864. The summed E-state index contributed by atoms with van der Waals surface area (Å²) >= 11 is 2.13. The first-order valence-corrected chi connectivity index (χ1v) is 6.16. The first-order chi connectivity index (χ1) is 7.72. The van der Waals surface area contributed by atoms with Crippen molar-refractivity contribution >= 4 is 28.4 Å². The van der Waals surface area contributed by atoms with Crippen LogP contribution in [0.25, 0.3) is 11.4 Å². The van der Waals surface area contributed by atoms with Crippen LogP contribution >= 0.6 is 22.6 Å². The van der Waals surface area contributed by atoms with Crippen molar-refractivity contribution in [1.29, 1.82) is 0 Å². The number of aryl methyl sites for hydroxylation is 1. The normalized spacial score (nSPS) is 10.4. The molecule has 16 heavy (non-hydrogen) atoms. The molecule has 2 aromatic rings. The summed E-state index contributed by atoms with van der Waals surface area (Å²) in [6, 6.07) is 8.14. The predicted octanol–water partition coefficient (Wildman–Crippen LogP) is 2.89. The second kappa shape index (κ2) is 4.78. The highest BCUT2D eigenvalue weighted by molar-refractivity contribution is 14.1. The minimum absolute atomic E-state index is 0.538. The predicted molar refractivity (Wildman–Crippen MR) is 74.0 cm³/mol. The Morgan fingerprint density at radius 2 is 2.06 bits per heavy atom. The third-order valence-electron chi connectivity index (χ3n) is 2.41. The number of rotatable bonds is 2. The fourth-order valence-corrected chi connectivity index (χ4v) is 1.82. The van der Waals surface area contributed by atoms with Gasteiger partial charge in [-0.25, -0.2) is 9.97 Å². The molecule has 0 radical (unpaired) electrons. The Hall–Kier alpha value is -1.17. The number of hydrogen-bond acceptors (Lipinski definition) is 3. The summed E-state index contributed by atoms with van der Waals surface area (Å²) in [7, 11) is 0. The molecular weight excluding hydrogens is 313 g/mol. The largest absolute Gasteiger partial charge is 0.383 e. The van der Waals surface area contributed by atoms with Gasteiger partial charge in [-0.05, 0) is 34.6 Å². The Labute approximate surface area is 108 Å². The van der Waals surface area contributed by atoms with E-state index in [1.165, 1.54) is 5.56 Å². The number of nitrogens with two attached hydrogens (primary N) is 1. The van der Waals surface area contributed by atoms with E-state index in [4.69, 9.17) is 5.73 Å². The standard InChI is InChI=1S/C12H12IN3/c1-2-8-5-3-4-6-9(8)12-15-7-10(13)11(14)16-12/h3-7H,2H2,1H3,(H2,14,15,16). The number of nitrogens with zero attached hydrogens (tertiary/aromatic N) is 2. The van der Waals surface area contributed by atoms with Gasteiger partial charge in [0, 0.05) is 11.8 Å². The SMILES string of the molecule is CCc1ccccc1-c1ncc(I)c(N)n1. The lowest BCUT2D eigenvalue weighted by Gasteiger charge is -2.07. The fourth-order valence-electron chi connectivity index (χ4n) is 1.56. The van der Waals surface area contributed by atoms with E-state index in [2.05, 4.69) is 45.5 Å². The average Bonchev–Trinajstić information content (AvgIpc) is 2.32. The van der Waals surface area contributed by atoms with Crippen LogP contribution in [0.4, 0.5) is 5.82 Å². The van der Waals surface area contributed by atoms with Crippen LogP contribution in [0.5, 0.6) is 0 Å². The first-order valence-electron chi connectivity index (χ1n) is 5.08. The number of halogens is 1. The van der Waals surface area contributed by atoms with Crippen molar-refractivity contribution in [3.63, 3.8) is 0 Å². The molecule has 0 saturated heterocycles. The van der Waals surface area contributed by atoms with E-state index in [9.17, 15) is 0 Å². The monoisotopic (exact) mass is 325 g/mol. The van der Waals surface area contributed by atoms with E-state index in [1.807, 2.05) is 18.2 Å². The summed E-state index contributed by atoms with van der Waals surface area (Å²) in [6.07, 6.45) is 2.72. The molecule has 0 aliphatic carbocycles. The van der Waals surface area contributed by atoms with E-state index >= 15 is 0 Å². The smallest absolute Gasteiger partial charge is 0.161 e. The Bertz CT molecular complexity index is 511. The minimum Gasteiger partial charge on any atom is -0.383 e. The van der Waals surface area contributed by atoms with Crippen molar-refractivity contribution in [1.82, 2.24) is 9.97 Å². The highest BCUT2D eigenvalue weighted by atomic mass is 127.